The number of hydrogen-bond donors (Lipinski definition) is 2. The summed E-state index contributed by atoms with van der Waals surface area (Å²) in [5.74, 6) is -2.26. The highest BCUT2D eigenvalue weighted by atomic mass is 19.1. The van der Waals surface area contributed by atoms with Crippen LogP contribution in [0.3, 0.4) is 0 Å². The Bertz CT molecular complexity index is 1820. The SMILES string of the molecule is COC(=O)CNC(=O)CNC(=O)Cn1nc(C2CCN(C(=O)CCC(C)=O)CC2)c2c(-c3cc4c(cnn4C)cc3F)cccc21. The molecule has 0 atom stereocenters. The van der Waals surface area contributed by atoms with Crippen LogP contribution in [0.5, 0.6) is 0 Å². The van der Waals surface area contributed by atoms with Gasteiger partial charge >= 0.3 is 5.97 Å². The first kappa shape index (κ1) is 32.3. The van der Waals surface area contributed by atoms with E-state index in [1.165, 1.54) is 20.1 Å². The topological polar surface area (TPSA) is 158 Å². The quantitative estimate of drug-likeness (QED) is 0.238. The van der Waals surface area contributed by atoms with Crippen molar-refractivity contribution in [1.82, 2.24) is 35.1 Å². The zero-order chi connectivity index (χ0) is 33.0. The number of carbonyl (C=O) groups excluding carboxylic acids is 5. The minimum Gasteiger partial charge on any atom is -0.468 e. The number of halogens is 1. The van der Waals surface area contributed by atoms with Crippen LogP contribution < -0.4 is 10.6 Å². The zero-order valence-corrected chi connectivity index (χ0v) is 26.0. The van der Waals surface area contributed by atoms with Crippen molar-refractivity contribution in [2.45, 2.75) is 45.1 Å². The minimum absolute atomic E-state index is 0.0322. The van der Waals surface area contributed by atoms with E-state index in [-0.39, 0.29) is 50.1 Å². The van der Waals surface area contributed by atoms with Gasteiger partial charge < -0.3 is 25.1 Å². The van der Waals surface area contributed by atoms with E-state index in [1.54, 1.807) is 39.6 Å². The lowest BCUT2D eigenvalue weighted by Crippen LogP contribution is -2.40. The maximum absolute atomic E-state index is 15.7. The minimum atomic E-state index is -0.615. The van der Waals surface area contributed by atoms with E-state index in [0.29, 0.717) is 59.0 Å². The number of methoxy groups -OCH3 is 1. The van der Waals surface area contributed by atoms with E-state index in [9.17, 15) is 24.0 Å². The van der Waals surface area contributed by atoms with Crippen molar-refractivity contribution in [3.8, 4) is 11.1 Å². The second kappa shape index (κ2) is 13.9. The number of nitrogens with one attached hydrogen (secondary N) is 2. The van der Waals surface area contributed by atoms with Crippen LogP contribution in [-0.4, -0.2) is 87.2 Å². The number of esters is 1. The molecule has 1 saturated heterocycles. The number of amides is 3. The van der Waals surface area contributed by atoms with Gasteiger partial charge in [0.15, 0.2) is 0 Å². The van der Waals surface area contributed by atoms with Gasteiger partial charge in [-0.1, -0.05) is 12.1 Å². The van der Waals surface area contributed by atoms with Gasteiger partial charge in [0.1, 0.15) is 24.7 Å². The first-order chi connectivity index (χ1) is 22.0. The molecule has 3 heterocycles. The van der Waals surface area contributed by atoms with Crippen molar-refractivity contribution in [2.75, 3.05) is 33.3 Å². The largest absolute Gasteiger partial charge is 0.468 e. The molecule has 0 radical (unpaired) electrons. The maximum atomic E-state index is 15.7. The number of ether oxygens (including phenoxy) is 1. The second-order valence-electron chi connectivity index (χ2n) is 11.4. The molecule has 1 fully saturated rings. The Morgan fingerprint density at radius 1 is 0.978 bits per heavy atom. The summed E-state index contributed by atoms with van der Waals surface area (Å²) in [5.41, 5.74) is 3.04. The Balaban J connectivity index is 1.45. The molecule has 1 aliphatic heterocycles. The highest BCUT2D eigenvalue weighted by molar-refractivity contribution is 6.00. The second-order valence-corrected chi connectivity index (χ2v) is 11.4. The third-order valence-corrected chi connectivity index (χ3v) is 8.25. The molecule has 242 valence electrons. The van der Waals surface area contributed by atoms with E-state index < -0.39 is 23.6 Å². The van der Waals surface area contributed by atoms with Crippen molar-refractivity contribution < 1.29 is 33.1 Å². The first-order valence-electron chi connectivity index (χ1n) is 15.0. The molecule has 1 aliphatic rings. The molecule has 0 bridgehead atoms. The highest BCUT2D eigenvalue weighted by Crippen LogP contribution is 2.39. The maximum Gasteiger partial charge on any atom is 0.325 e. The number of hydrogen-bond acceptors (Lipinski definition) is 8. The lowest BCUT2D eigenvalue weighted by Gasteiger charge is -2.31. The number of rotatable bonds is 11. The summed E-state index contributed by atoms with van der Waals surface area (Å²) in [7, 11) is 2.99. The summed E-state index contributed by atoms with van der Waals surface area (Å²) >= 11 is 0. The lowest BCUT2D eigenvalue weighted by molar-refractivity contribution is -0.141. The van der Waals surface area contributed by atoms with Crippen molar-refractivity contribution in [1.29, 1.82) is 0 Å². The van der Waals surface area contributed by atoms with E-state index in [1.807, 2.05) is 12.1 Å². The van der Waals surface area contributed by atoms with Gasteiger partial charge in [0, 0.05) is 55.2 Å². The van der Waals surface area contributed by atoms with Gasteiger partial charge in [0.2, 0.25) is 17.7 Å². The lowest BCUT2D eigenvalue weighted by atomic mass is 9.88. The average molecular weight is 634 g/mol. The smallest absolute Gasteiger partial charge is 0.325 e. The summed E-state index contributed by atoms with van der Waals surface area (Å²) in [6, 6.07) is 8.62. The predicted octanol–water partition coefficient (Wildman–Crippen LogP) is 2.21. The monoisotopic (exact) mass is 633 g/mol. The molecule has 5 rings (SSSR count). The molecule has 0 saturated carbocycles. The standard InChI is InChI=1S/C32H36FN7O6/c1-19(41)7-8-29(44)39-11-9-20(10-12-39)32-31-22(23-14-26-21(13-24(23)33)15-36-38(26)2)5-4-6-25(31)40(37-32)18-28(43)34-16-27(42)35-17-30(45)46-3/h4-6,13-15,20H,7-12,16-18H2,1-3H3,(H,34,43)(H,35,42). The fourth-order valence-corrected chi connectivity index (χ4v) is 5.79. The Hall–Kier alpha value is -5.14. The van der Waals surface area contributed by atoms with E-state index in [2.05, 4.69) is 20.5 Å². The van der Waals surface area contributed by atoms with Gasteiger partial charge in [-0.25, -0.2) is 4.39 Å². The van der Waals surface area contributed by atoms with Crippen LogP contribution in [0.1, 0.15) is 44.2 Å². The number of Topliss-reactive ketones (excluding diaryl/α,β-unsaturated/α-hetero) is 1. The fraction of sp³-hybridized carbons (Fsp3) is 0.406. The van der Waals surface area contributed by atoms with Crippen molar-refractivity contribution in [3.05, 3.63) is 48.0 Å². The molecular weight excluding hydrogens is 597 g/mol. The molecule has 46 heavy (non-hydrogen) atoms. The van der Waals surface area contributed by atoms with Gasteiger partial charge in [-0.3, -0.25) is 28.5 Å². The van der Waals surface area contributed by atoms with Crippen LogP contribution in [0.4, 0.5) is 4.39 Å². The summed E-state index contributed by atoms with van der Waals surface area (Å²) in [6.45, 7) is 1.55. The van der Waals surface area contributed by atoms with Gasteiger partial charge in [0.25, 0.3) is 0 Å². The van der Waals surface area contributed by atoms with Gasteiger partial charge in [-0.2, -0.15) is 10.2 Å². The number of aryl methyl sites for hydroxylation is 1. The number of benzene rings is 2. The molecule has 2 aromatic carbocycles. The Labute approximate surface area is 264 Å². The van der Waals surface area contributed by atoms with Crippen molar-refractivity contribution in [2.24, 2.45) is 7.05 Å². The van der Waals surface area contributed by atoms with E-state index >= 15 is 4.39 Å². The van der Waals surface area contributed by atoms with Crippen LogP contribution in [-0.2, 0) is 42.3 Å². The summed E-state index contributed by atoms with van der Waals surface area (Å²) in [4.78, 5) is 62.1. The molecule has 3 amide bonds. The molecule has 0 unspecified atom stereocenters. The third kappa shape index (κ3) is 7.05. The molecule has 4 aromatic rings. The Morgan fingerprint density at radius 2 is 1.72 bits per heavy atom. The van der Waals surface area contributed by atoms with Crippen LogP contribution >= 0.6 is 0 Å². The number of piperidine rings is 1. The molecule has 2 N–H and O–H groups in total. The first-order valence-corrected chi connectivity index (χ1v) is 15.0. The number of carbonyl (C=O) groups is 5. The Morgan fingerprint density at radius 3 is 2.43 bits per heavy atom. The van der Waals surface area contributed by atoms with Crippen LogP contribution in [0.15, 0.2) is 36.5 Å². The summed E-state index contributed by atoms with van der Waals surface area (Å²) < 4.78 is 23.4. The normalized spacial score (nSPS) is 13.6. The summed E-state index contributed by atoms with van der Waals surface area (Å²) in [5, 5.41) is 15.4. The van der Waals surface area contributed by atoms with Crippen LogP contribution in [0.25, 0.3) is 32.9 Å². The van der Waals surface area contributed by atoms with Gasteiger partial charge in [-0.15, -0.1) is 0 Å². The number of ketones is 1. The van der Waals surface area contributed by atoms with E-state index in [4.69, 9.17) is 5.10 Å². The van der Waals surface area contributed by atoms with E-state index in [0.717, 1.165) is 5.52 Å². The predicted molar refractivity (Wildman–Crippen MR) is 166 cm³/mol. The number of aromatic nitrogens is 4. The van der Waals surface area contributed by atoms with Gasteiger partial charge in [-0.05, 0) is 43.5 Å². The summed E-state index contributed by atoms with van der Waals surface area (Å²) in [6.07, 6.45) is 3.18. The van der Waals surface area contributed by atoms with Gasteiger partial charge in [0.05, 0.1) is 36.6 Å². The average Bonchev–Trinajstić information content (AvgIpc) is 3.60. The molecule has 0 aliphatic carbocycles. The highest BCUT2D eigenvalue weighted by Gasteiger charge is 2.29. The molecule has 14 heteroatoms. The molecular formula is C32H36FN7O6. The fourth-order valence-electron chi connectivity index (χ4n) is 5.79. The third-order valence-electron chi connectivity index (χ3n) is 8.25. The zero-order valence-electron chi connectivity index (χ0n) is 26.0. The number of fused-ring (bicyclic) bond motifs is 2. The number of likely N-dealkylation sites (tertiary alicyclic amines) is 1. The van der Waals surface area contributed by atoms with Crippen LogP contribution in [0.2, 0.25) is 0 Å². The number of nitrogens with zero attached hydrogens (tertiary/aromatic N) is 5. The molecule has 13 nitrogen and oxygen atoms in total. The molecule has 2 aromatic heterocycles. The van der Waals surface area contributed by atoms with Crippen molar-refractivity contribution >= 4 is 51.3 Å². The van der Waals surface area contributed by atoms with Crippen molar-refractivity contribution in [3.63, 3.8) is 0 Å². The van der Waals surface area contributed by atoms with Crippen LogP contribution in [0, 0.1) is 5.82 Å². The Kier molecular flexibility index (Phi) is 9.73. The molecule has 0 spiro atoms.